The maximum atomic E-state index is 13.5. The molecule has 2 aliphatic heterocycles. The van der Waals surface area contributed by atoms with Gasteiger partial charge in [0.2, 0.25) is 5.95 Å². The van der Waals surface area contributed by atoms with Crippen LogP contribution in [0, 0.1) is 11.5 Å². The van der Waals surface area contributed by atoms with E-state index in [0.29, 0.717) is 43.5 Å². The minimum atomic E-state index is -0.773. The molecule has 5 rings (SSSR count). The molecule has 0 unspecified atom stereocenters. The number of urea groups is 1. The van der Waals surface area contributed by atoms with Gasteiger partial charge in [-0.1, -0.05) is 18.2 Å². The van der Waals surface area contributed by atoms with Crippen molar-refractivity contribution in [2.24, 2.45) is 0 Å². The first-order valence-electron chi connectivity index (χ1n) is 10.8. The fraction of sp³-hybridized carbons (Fsp3) is 0.318. The summed E-state index contributed by atoms with van der Waals surface area (Å²) >= 11 is 0. The summed E-state index contributed by atoms with van der Waals surface area (Å²) < 4.78 is 1.61. The topological polar surface area (TPSA) is 126 Å². The Morgan fingerprint density at radius 1 is 1.32 bits per heavy atom. The van der Waals surface area contributed by atoms with Gasteiger partial charge in [-0.3, -0.25) is 14.5 Å². The number of rotatable bonds is 5. The largest absolute Gasteiger partial charge is 0.394 e. The molecule has 1 aromatic carbocycles. The normalized spacial score (nSPS) is 19.5. The number of aromatic nitrogens is 4. The van der Waals surface area contributed by atoms with Crippen molar-refractivity contribution in [2.45, 2.75) is 24.7 Å². The molecule has 3 aromatic rings. The van der Waals surface area contributed by atoms with Gasteiger partial charge in [0.1, 0.15) is 5.82 Å². The lowest BCUT2D eigenvalue weighted by atomic mass is 9.93. The van der Waals surface area contributed by atoms with Crippen molar-refractivity contribution in [3.8, 4) is 6.19 Å². The van der Waals surface area contributed by atoms with Crippen LogP contribution < -0.4 is 15.1 Å². The lowest BCUT2D eigenvalue weighted by Gasteiger charge is -2.49. The second-order valence-electron chi connectivity index (χ2n) is 8.19. The highest BCUT2D eigenvalue weighted by molar-refractivity contribution is 6.18. The van der Waals surface area contributed by atoms with E-state index >= 15 is 0 Å². The quantitative estimate of drug-likeness (QED) is 0.423. The highest BCUT2D eigenvalue weighted by Gasteiger charge is 2.45. The van der Waals surface area contributed by atoms with Crippen molar-refractivity contribution >= 4 is 39.4 Å². The molecule has 0 saturated carbocycles. The molecule has 11 nitrogen and oxygen atoms in total. The van der Waals surface area contributed by atoms with Crippen LogP contribution >= 0.6 is 0 Å². The van der Waals surface area contributed by atoms with E-state index < -0.39 is 5.16 Å². The minimum absolute atomic E-state index is 0.00614. The Bertz CT molecular complexity index is 1290. The SMILES string of the molecule is CN1C(=O)N([C@]2([Si])CCN(C#N)c3ccccc32)Cc2cnc(Nc3cnn(CCO)c3)nc21. The number of carbonyl (C=O) groups is 1. The van der Waals surface area contributed by atoms with Crippen molar-refractivity contribution in [2.75, 3.05) is 35.3 Å². The number of aliphatic hydroxyl groups excluding tert-OH is 1. The maximum absolute atomic E-state index is 13.5. The summed E-state index contributed by atoms with van der Waals surface area (Å²) in [7, 11) is 5.63. The third kappa shape index (κ3) is 3.55. The molecule has 0 fully saturated rings. The molecule has 2 aliphatic rings. The molecule has 1 atom stereocenters. The van der Waals surface area contributed by atoms with E-state index in [-0.39, 0.29) is 12.6 Å². The Kier molecular flexibility index (Phi) is 5.43. The van der Waals surface area contributed by atoms with Gasteiger partial charge >= 0.3 is 6.03 Å². The summed E-state index contributed by atoms with van der Waals surface area (Å²) in [5.41, 5.74) is 3.13. The van der Waals surface area contributed by atoms with E-state index in [2.05, 4.69) is 36.8 Å². The Morgan fingerprint density at radius 3 is 2.94 bits per heavy atom. The Labute approximate surface area is 199 Å². The Balaban J connectivity index is 1.44. The summed E-state index contributed by atoms with van der Waals surface area (Å²) in [5, 5.41) is 25.1. The van der Waals surface area contributed by atoms with E-state index in [1.165, 1.54) is 4.90 Å². The molecule has 2 N–H and O–H groups in total. The number of hydrogen-bond donors (Lipinski definition) is 2. The lowest BCUT2D eigenvalue weighted by Crippen LogP contribution is -2.58. The zero-order chi connectivity index (χ0) is 23.9. The van der Waals surface area contributed by atoms with Gasteiger partial charge in [-0.05, 0) is 18.1 Å². The average Bonchev–Trinajstić information content (AvgIpc) is 3.29. The number of nitrogens with zero attached hydrogens (tertiary/aromatic N) is 8. The van der Waals surface area contributed by atoms with Gasteiger partial charge in [-0.25, -0.2) is 9.78 Å². The van der Waals surface area contributed by atoms with Crippen LogP contribution in [0.1, 0.15) is 17.5 Å². The molecule has 0 saturated heterocycles. The van der Waals surface area contributed by atoms with Gasteiger partial charge in [0.25, 0.3) is 0 Å². The number of nitrogens with one attached hydrogen (secondary N) is 1. The Morgan fingerprint density at radius 2 is 2.15 bits per heavy atom. The van der Waals surface area contributed by atoms with Gasteiger partial charge < -0.3 is 15.3 Å². The van der Waals surface area contributed by atoms with E-state index in [0.717, 1.165) is 16.8 Å². The highest BCUT2D eigenvalue weighted by Crippen LogP contribution is 2.43. The summed E-state index contributed by atoms with van der Waals surface area (Å²) in [5.74, 6) is 0.871. The van der Waals surface area contributed by atoms with Crippen molar-refractivity contribution < 1.29 is 9.90 Å². The van der Waals surface area contributed by atoms with Crippen LogP contribution in [0.15, 0.2) is 42.9 Å². The average molecular weight is 473 g/mol. The van der Waals surface area contributed by atoms with Crippen molar-refractivity contribution in [1.29, 1.82) is 5.26 Å². The van der Waals surface area contributed by atoms with Crippen LogP contribution in [-0.4, -0.2) is 66.2 Å². The first-order valence-corrected chi connectivity index (χ1v) is 11.3. The second kappa shape index (κ2) is 8.43. The summed E-state index contributed by atoms with van der Waals surface area (Å²) in [6.07, 6.45) is 7.84. The van der Waals surface area contributed by atoms with Crippen molar-refractivity contribution in [3.63, 3.8) is 0 Å². The maximum Gasteiger partial charge on any atom is 0.326 e. The number of hydrogen-bond acceptors (Lipinski definition) is 8. The van der Waals surface area contributed by atoms with Crippen LogP contribution in [-0.2, 0) is 18.3 Å². The number of nitriles is 1. The molecule has 34 heavy (non-hydrogen) atoms. The predicted octanol–water partition coefficient (Wildman–Crippen LogP) is 1.49. The molecule has 0 bridgehead atoms. The fourth-order valence-corrected chi connectivity index (χ4v) is 4.92. The highest BCUT2D eigenvalue weighted by atomic mass is 28.1. The third-order valence-corrected chi connectivity index (χ3v) is 6.93. The smallest absolute Gasteiger partial charge is 0.326 e. The first-order chi connectivity index (χ1) is 16.4. The first kappa shape index (κ1) is 21.9. The van der Waals surface area contributed by atoms with Gasteiger partial charge in [0.15, 0.2) is 6.19 Å². The number of anilines is 4. The molecular formula is C22H22N9O2Si. The number of aliphatic hydroxyl groups is 1. The van der Waals surface area contributed by atoms with Crippen LogP contribution in [0.5, 0.6) is 0 Å². The van der Waals surface area contributed by atoms with Crippen LogP contribution in [0.4, 0.5) is 27.9 Å². The molecule has 3 radical (unpaired) electrons. The molecule has 2 aromatic heterocycles. The molecule has 0 spiro atoms. The van der Waals surface area contributed by atoms with E-state index in [4.69, 9.17) is 5.11 Å². The summed E-state index contributed by atoms with van der Waals surface area (Å²) in [4.78, 5) is 27.4. The van der Waals surface area contributed by atoms with Gasteiger partial charge in [-0.15, -0.1) is 0 Å². The van der Waals surface area contributed by atoms with E-state index in [1.807, 2.05) is 24.3 Å². The van der Waals surface area contributed by atoms with Gasteiger partial charge in [0, 0.05) is 31.5 Å². The molecule has 4 heterocycles. The monoisotopic (exact) mass is 472 g/mol. The zero-order valence-electron chi connectivity index (χ0n) is 18.5. The molecule has 171 valence electrons. The van der Waals surface area contributed by atoms with Gasteiger partial charge in [-0.2, -0.15) is 15.3 Å². The number of amides is 2. The third-order valence-electron chi connectivity index (χ3n) is 6.14. The number of carbonyl (C=O) groups excluding carboxylic acids is 1. The van der Waals surface area contributed by atoms with E-state index in [1.54, 1.807) is 40.1 Å². The minimum Gasteiger partial charge on any atom is -0.394 e. The van der Waals surface area contributed by atoms with Gasteiger partial charge in [0.05, 0.1) is 52.7 Å². The van der Waals surface area contributed by atoms with Crippen LogP contribution in [0.25, 0.3) is 0 Å². The predicted molar refractivity (Wildman–Crippen MR) is 125 cm³/mol. The summed E-state index contributed by atoms with van der Waals surface area (Å²) in [6, 6.07) is 7.42. The summed E-state index contributed by atoms with van der Waals surface area (Å²) in [6.45, 7) is 1.19. The number of fused-ring (bicyclic) bond motifs is 2. The molecular weight excluding hydrogens is 450 g/mol. The van der Waals surface area contributed by atoms with E-state index in [9.17, 15) is 10.1 Å². The lowest BCUT2D eigenvalue weighted by molar-refractivity contribution is 0.149. The molecule has 0 aliphatic carbocycles. The Hall–Kier alpha value is -3.95. The van der Waals surface area contributed by atoms with Crippen LogP contribution in [0.3, 0.4) is 0 Å². The standard InChI is InChI=1S/C22H22N9O2Si/c1-28-19-15(10-24-20(27-19)26-16-11-25-30(13-16)8-9-32)12-31(21(28)33)22(34)6-7-29(14-23)18-5-3-2-4-17(18)22/h2-5,10-11,13,32H,6-9,12H2,1H3,(H,24,26,27)/t22-/m0/s1. The van der Waals surface area contributed by atoms with Crippen molar-refractivity contribution in [1.82, 2.24) is 24.6 Å². The van der Waals surface area contributed by atoms with Crippen molar-refractivity contribution in [3.05, 3.63) is 54.0 Å². The number of benzene rings is 1. The van der Waals surface area contributed by atoms with Crippen LogP contribution in [0.2, 0.25) is 0 Å². The molecule has 2 amide bonds. The fourth-order valence-electron chi connectivity index (χ4n) is 4.42. The zero-order valence-corrected chi connectivity index (χ0v) is 19.5. The second-order valence-corrected chi connectivity index (χ2v) is 9.02. The molecule has 12 heteroatoms. The number of para-hydroxylation sites is 1.